The van der Waals surface area contributed by atoms with E-state index in [1.54, 1.807) is 6.20 Å². The molecule has 0 spiro atoms. The lowest BCUT2D eigenvalue weighted by atomic mass is 9.75. The molecule has 2 heterocycles. The second kappa shape index (κ2) is 9.34. The summed E-state index contributed by atoms with van der Waals surface area (Å²) in [5, 5.41) is 0. The summed E-state index contributed by atoms with van der Waals surface area (Å²) in [6, 6.07) is 3.97. The summed E-state index contributed by atoms with van der Waals surface area (Å²) in [7, 11) is 2.03. The summed E-state index contributed by atoms with van der Waals surface area (Å²) >= 11 is 0. The molecule has 1 saturated carbocycles. The van der Waals surface area contributed by atoms with Crippen LogP contribution in [0.5, 0.6) is 0 Å². The van der Waals surface area contributed by atoms with Crippen LogP contribution in [0.25, 0.3) is 11.2 Å². The van der Waals surface area contributed by atoms with E-state index in [9.17, 15) is 4.79 Å². The molecule has 0 amide bonds. The van der Waals surface area contributed by atoms with Gasteiger partial charge in [0.25, 0.3) is 0 Å². The lowest BCUT2D eigenvalue weighted by molar-refractivity contribution is -0.670. The molecule has 1 aliphatic rings. The van der Waals surface area contributed by atoms with Gasteiger partial charge in [0.05, 0.1) is 7.05 Å². The van der Waals surface area contributed by atoms with E-state index in [1.807, 2.05) is 23.7 Å². The number of hydrogen-bond acceptors (Lipinski definition) is 3. The van der Waals surface area contributed by atoms with Crippen LogP contribution in [0.1, 0.15) is 52.8 Å². The third kappa shape index (κ3) is 4.63. The summed E-state index contributed by atoms with van der Waals surface area (Å²) < 4.78 is 10.1. The van der Waals surface area contributed by atoms with Crippen molar-refractivity contribution in [2.24, 2.45) is 24.8 Å². The van der Waals surface area contributed by atoms with Crippen molar-refractivity contribution in [2.75, 3.05) is 0 Å². The van der Waals surface area contributed by atoms with E-state index in [1.165, 1.54) is 6.42 Å². The number of rotatable bonds is 5. The maximum atomic E-state index is 12.8. The molecule has 0 aliphatic heterocycles. The van der Waals surface area contributed by atoms with Crippen molar-refractivity contribution >= 4 is 17.1 Å². The number of ether oxygens (including phenoxy) is 1. The fraction of sp³-hybridized carbons (Fsp3) is 0.667. The molecule has 1 unspecified atom stereocenters. The number of aromatic nitrogens is 3. The molecule has 1 aliphatic carbocycles. The van der Waals surface area contributed by atoms with Gasteiger partial charge in [0.1, 0.15) is 12.3 Å². The fourth-order valence-corrected chi connectivity index (χ4v) is 4.48. The molecular formula is C21H32IN3O2. The maximum absolute atomic E-state index is 12.8. The Bertz CT molecular complexity index is 787. The molecule has 1 fully saturated rings. The second-order valence-corrected chi connectivity index (χ2v) is 8.12. The molecule has 6 heteroatoms. The zero-order valence-corrected chi connectivity index (χ0v) is 19.3. The molecule has 5 nitrogen and oxygen atoms in total. The predicted molar refractivity (Wildman–Crippen MR) is 102 cm³/mol. The zero-order valence-electron chi connectivity index (χ0n) is 17.1. The van der Waals surface area contributed by atoms with Gasteiger partial charge in [-0.15, -0.1) is 4.98 Å². The highest BCUT2D eigenvalue weighted by Gasteiger charge is 2.34. The Balaban J connectivity index is 0.00000261. The number of halogens is 1. The third-order valence-corrected chi connectivity index (χ3v) is 5.93. The first-order valence-electron chi connectivity index (χ1n) is 9.93. The largest absolute Gasteiger partial charge is 1.00 e. The van der Waals surface area contributed by atoms with Gasteiger partial charge in [0, 0.05) is 6.42 Å². The Labute approximate surface area is 179 Å². The van der Waals surface area contributed by atoms with Crippen molar-refractivity contribution in [3.8, 4) is 0 Å². The lowest BCUT2D eigenvalue weighted by Crippen LogP contribution is -3.00. The lowest BCUT2D eigenvalue weighted by Gasteiger charge is -2.36. The van der Waals surface area contributed by atoms with Crippen molar-refractivity contribution in [1.29, 1.82) is 0 Å². The summed E-state index contributed by atoms with van der Waals surface area (Å²) in [5.74, 6) is 2.58. The number of imidazole rings is 1. The van der Waals surface area contributed by atoms with Crippen LogP contribution >= 0.6 is 0 Å². The molecule has 2 aromatic heterocycles. The monoisotopic (exact) mass is 485 g/mol. The molecule has 0 saturated heterocycles. The summed E-state index contributed by atoms with van der Waals surface area (Å²) in [5.41, 5.74) is 1.89. The molecule has 3 atom stereocenters. The average molecular weight is 485 g/mol. The van der Waals surface area contributed by atoms with E-state index in [0.717, 1.165) is 36.3 Å². The third-order valence-electron chi connectivity index (χ3n) is 5.93. The molecule has 0 N–H and O–H groups in total. The van der Waals surface area contributed by atoms with E-state index < -0.39 is 0 Å². The van der Waals surface area contributed by atoms with E-state index in [0.29, 0.717) is 17.8 Å². The first kappa shape index (κ1) is 22.1. The highest BCUT2D eigenvalue weighted by atomic mass is 127. The minimum atomic E-state index is -0.146. The van der Waals surface area contributed by atoms with Crippen molar-refractivity contribution in [3.63, 3.8) is 0 Å². The Kier molecular flexibility index (Phi) is 7.65. The van der Waals surface area contributed by atoms with Gasteiger partial charge in [-0.1, -0.05) is 34.1 Å². The number of hydrogen-bond donors (Lipinski definition) is 0. The highest BCUT2D eigenvalue weighted by molar-refractivity contribution is 5.71. The average Bonchev–Trinajstić information content (AvgIpc) is 2.86. The minimum absolute atomic E-state index is 0. The standard InChI is InChI=1S/C21H32N3O2.HI/c1-6-19-23(5)17-8-7-11-22-21(17)24(19)13-20(25)26-18-12-15(4)9-10-16(18)14(2)3;/h7-8,11,14-16,18H,6,9-10,12-13H2,1-5H3;1H/q+1;/p-1/t15-,16+,18?;/m1./s1. The van der Waals surface area contributed by atoms with E-state index >= 15 is 0 Å². The van der Waals surface area contributed by atoms with Crippen LogP contribution in [0, 0.1) is 17.8 Å². The number of carbonyl (C=O) groups is 1. The first-order chi connectivity index (χ1) is 12.4. The summed E-state index contributed by atoms with van der Waals surface area (Å²) in [4.78, 5) is 17.3. The predicted octanol–water partition coefficient (Wildman–Crippen LogP) is 0.431. The first-order valence-corrected chi connectivity index (χ1v) is 9.93. The van der Waals surface area contributed by atoms with Crippen LogP contribution in [0.3, 0.4) is 0 Å². The Hall–Kier alpha value is -1.18. The van der Waals surface area contributed by atoms with Crippen molar-refractivity contribution in [1.82, 2.24) is 9.55 Å². The number of pyridine rings is 1. The highest BCUT2D eigenvalue weighted by Crippen LogP contribution is 2.35. The smallest absolute Gasteiger partial charge is 0.341 e. The number of aryl methyl sites for hydroxylation is 1. The van der Waals surface area contributed by atoms with Crippen LogP contribution in [-0.4, -0.2) is 21.6 Å². The summed E-state index contributed by atoms with van der Waals surface area (Å²) in [6.07, 6.45) is 6.03. The zero-order chi connectivity index (χ0) is 18.8. The van der Waals surface area contributed by atoms with E-state index in [4.69, 9.17) is 4.74 Å². The molecule has 2 aromatic rings. The normalized spacial score (nSPS) is 22.7. The van der Waals surface area contributed by atoms with Gasteiger partial charge in [-0.25, -0.2) is 9.36 Å². The van der Waals surface area contributed by atoms with Crippen molar-refractivity contribution < 1.29 is 38.1 Å². The number of carbonyl (C=O) groups excluding carboxylic acids is 1. The molecule has 0 bridgehead atoms. The van der Waals surface area contributed by atoms with Gasteiger partial charge in [-0.05, 0) is 42.7 Å². The van der Waals surface area contributed by atoms with Gasteiger partial charge < -0.3 is 28.7 Å². The molecular weight excluding hydrogens is 453 g/mol. The van der Waals surface area contributed by atoms with Crippen LogP contribution in [0.4, 0.5) is 0 Å². The van der Waals surface area contributed by atoms with Crippen LogP contribution in [-0.2, 0) is 29.5 Å². The minimum Gasteiger partial charge on any atom is -1.00 e. The van der Waals surface area contributed by atoms with Gasteiger partial charge in [-0.3, -0.25) is 4.57 Å². The van der Waals surface area contributed by atoms with Gasteiger partial charge in [0.2, 0.25) is 5.82 Å². The summed E-state index contributed by atoms with van der Waals surface area (Å²) in [6.45, 7) is 9.07. The molecule has 150 valence electrons. The fourth-order valence-electron chi connectivity index (χ4n) is 4.48. The van der Waals surface area contributed by atoms with Crippen LogP contribution in [0.15, 0.2) is 18.3 Å². The Morgan fingerprint density at radius 1 is 1.41 bits per heavy atom. The maximum Gasteiger partial charge on any atom is 0.341 e. The molecule has 3 rings (SSSR count). The number of nitrogens with zero attached hydrogens (tertiary/aromatic N) is 3. The topological polar surface area (TPSA) is 48.0 Å². The van der Waals surface area contributed by atoms with Gasteiger partial charge >= 0.3 is 11.6 Å². The Morgan fingerprint density at radius 2 is 2.15 bits per heavy atom. The SMILES string of the molecule is CCc1n(C)c2cccnc2[n+]1CC(=O)OC1C[C@H](C)CC[C@H]1C(C)C.[I-]. The van der Waals surface area contributed by atoms with Gasteiger partial charge in [0.15, 0.2) is 12.1 Å². The van der Waals surface area contributed by atoms with Crippen molar-refractivity contribution in [2.45, 2.75) is 66.0 Å². The molecule has 0 aromatic carbocycles. The van der Waals surface area contributed by atoms with Crippen LogP contribution in [0.2, 0.25) is 0 Å². The Morgan fingerprint density at radius 3 is 2.81 bits per heavy atom. The number of fused-ring (bicyclic) bond motifs is 1. The van der Waals surface area contributed by atoms with Gasteiger partial charge in [-0.2, -0.15) is 0 Å². The molecule has 27 heavy (non-hydrogen) atoms. The van der Waals surface area contributed by atoms with Crippen LogP contribution < -0.4 is 28.5 Å². The molecule has 0 radical (unpaired) electrons. The second-order valence-electron chi connectivity index (χ2n) is 8.12. The van der Waals surface area contributed by atoms with E-state index in [2.05, 4.69) is 37.2 Å². The van der Waals surface area contributed by atoms with E-state index in [-0.39, 0.29) is 42.6 Å². The quantitative estimate of drug-likeness (QED) is 0.351. The number of esters is 1. The van der Waals surface area contributed by atoms with Crippen molar-refractivity contribution in [3.05, 3.63) is 24.2 Å².